The van der Waals surface area contributed by atoms with E-state index in [-0.39, 0.29) is 0 Å². The van der Waals surface area contributed by atoms with Gasteiger partial charge in [0.1, 0.15) is 0 Å². The Morgan fingerprint density at radius 3 is 2.73 bits per heavy atom. The van der Waals surface area contributed by atoms with Crippen molar-refractivity contribution in [1.29, 1.82) is 0 Å². The van der Waals surface area contributed by atoms with E-state index in [0.29, 0.717) is 0 Å². The van der Waals surface area contributed by atoms with E-state index in [2.05, 4.69) is 34.1 Å². The zero-order valence-corrected chi connectivity index (χ0v) is 14.5. The van der Waals surface area contributed by atoms with Crippen LogP contribution in [0.1, 0.15) is 30.6 Å². The normalized spacial score (nSPS) is 24.3. The van der Waals surface area contributed by atoms with Crippen LogP contribution in [0.25, 0.3) is 10.1 Å². The number of hydrogen-bond acceptors (Lipinski definition) is 3. The second-order valence-corrected chi connectivity index (χ2v) is 8.12. The van der Waals surface area contributed by atoms with E-state index in [1.165, 1.54) is 66.8 Å². The Hall–Kier alpha value is -0.610. The largest absolute Gasteiger partial charge is 0.299 e. The molecule has 2 aromatic rings. The van der Waals surface area contributed by atoms with Crippen molar-refractivity contribution in [1.82, 2.24) is 9.80 Å². The average molecular weight is 335 g/mol. The van der Waals surface area contributed by atoms with Crippen LogP contribution < -0.4 is 0 Å². The molecule has 2 nitrogen and oxygen atoms in total. The molecule has 0 amide bonds. The molecule has 2 fully saturated rings. The van der Waals surface area contributed by atoms with Crippen molar-refractivity contribution < 1.29 is 0 Å². The summed E-state index contributed by atoms with van der Waals surface area (Å²) in [5.41, 5.74) is 0. The summed E-state index contributed by atoms with van der Waals surface area (Å²) in [7, 11) is 0. The van der Waals surface area contributed by atoms with Crippen LogP contribution in [0.5, 0.6) is 0 Å². The fourth-order valence-electron chi connectivity index (χ4n) is 3.95. The first-order valence-corrected chi connectivity index (χ1v) is 9.63. The predicted molar refractivity (Wildman–Crippen MR) is 95.9 cm³/mol. The van der Waals surface area contributed by atoms with Crippen molar-refractivity contribution in [2.24, 2.45) is 0 Å². The Bertz CT molecular complexity index is 648. The smallest absolute Gasteiger partial charge is 0.0637 e. The lowest BCUT2D eigenvalue weighted by Crippen LogP contribution is -2.46. The summed E-state index contributed by atoms with van der Waals surface area (Å²) >= 11 is 8.48. The summed E-state index contributed by atoms with van der Waals surface area (Å²) in [6.07, 6.45) is 5.47. The minimum atomic E-state index is 0.768. The Morgan fingerprint density at radius 2 is 1.91 bits per heavy atom. The van der Waals surface area contributed by atoms with Gasteiger partial charge in [-0.25, -0.2) is 0 Å². The van der Waals surface area contributed by atoms with Crippen molar-refractivity contribution in [3.63, 3.8) is 0 Å². The first kappa shape index (κ1) is 14.9. The number of rotatable bonds is 3. The Balaban J connectivity index is 1.48. The zero-order chi connectivity index (χ0) is 14.9. The molecular formula is C18H23ClN2S. The molecule has 2 saturated heterocycles. The molecule has 118 valence electrons. The van der Waals surface area contributed by atoms with E-state index in [1.54, 1.807) is 0 Å². The Labute approximate surface area is 141 Å². The van der Waals surface area contributed by atoms with Gasteiger partial charge in [0.25, 0.3) is 0 Å². The molecule has 2 aliphatic heterocycles. The van der Waals surface area contributed by atoms with Crippen molar-refractivity contribution in [2.75, 3.05) is 26.2 Å². The number of halogens is 1. The standard InChI is InChI=1S/C18H23ClN2S/c19-18-15-7-1-2-8-16(15)22-17(18)13-20-9-5-6-14(12-20)21-10-3-4-11-21/h1-2,7-8,14H,3-6,9-13H2. The molecule has 3 heterocycles. The third kappa shape index (κ3) is 2.92. The number of benzene rings is 1. The third-order valence-electron chi connectivity index (χ3n) is 5.11. The Kier molecular flexibility index (Phi) is 4.40. The fourth-order valence-corrected chi connectivity index (χ4v) is 5.48. The zero-order valence-electron chi connectivity index (χ0n) is 12.9. The number of thiophene rings is 1. The highest BCUT2D eigenvalue weighted by Gasteiger charge is 2.27. The molecule has 0 spiro atoms. The van der Waals surface area contributed by atoms with Gasteiger partial charge in [-0.2, -0.15) is 0 Å². The summed E-state index contributed by atoms with van der Waals surface area (Å²) in [5, 5.41) is 2.20. The molecule has 0 radical (unpaired) electrons. The van der Waals surface area contributed by atoms with Crippen molar-refractivity contribution in [3.8, 4) is 0 Å². The highest BCUT2D eigenvalue weighted by atomic mass is 35.5. The lowest BCUT2D eigenvalue weighted by molar-refractivity contribution is 0.111. The molecule has 0 aliphatic carbocycles. The summed E-state index contributed by atoms with van der Waals surface area (Å²) in [5.74, 6) is 0. The topological polar surface area (TPSA) is 6.48 Å². The molecule has 1 aromatic carbocycles. The molecule has 4 rings (SSSR count). The summed E-state index contributed by atoms with van der Waals surface area (Å²) in [4.78, 5) is 6.66. The number of nitrogens with zero attached hydrogens (tertiary/aromatic N) is 2. The summed E-state index contributed by atoms with van der Waals surface area (Å²) < 4.78 is 1.32. The number of hydrogen-bond donors (Lipinski definition) is 0. The minimum absolute atomic E-state index is 0.768. The van der Waals surface area contributed by atoms with Crippen LogP contribution in [0.15, 0.2) is 24.3 Å². The molecule has 1 aromatic heterocycles. The van der Waals surface area contributed by atoms with Gasteiger partial charge in [-0.15, -0.1) is 11.3 Å². The van der Waals surface area contributed by atoms with Crippen LogP contribution in [-0.2, 0) is 6.54 Å². The van der Waals surface area contributed by atoms with Crippen LogP contribution in [0, 0.1) is 0 Å². The Morgan fingerprint density at radius 1 is 1.09 bits per heavy atom. The minimum Gasteiger partial charge on any atom is -0.299 e. The van der Waals surface area contributed by atoms with Gasteiger partial charge < -0.3 is 0 Å². The van der Waals surface area contributed by atoms with Crippen molar-refractivity contribution in [2.45, 2.75) is 38.3 Å². The molecule has 0 bridgehead atoms. The first-order valence-electron chi connectivity index (χ1n) is 8.43. The van der Waals surface area contributed by atoms with E-state index < -0.39 is 0 Å². The maximum atomic E-state index is 6.61. The van der Waals surface area contributed by atoms with E-state index in [4.69, 9.17) is 11.6 Å². The van der Waals surface area contributed by atoms with Gasteiger partial charge >= 0.3 is 0 Å². The van der Waals surface area contributed by atoms with Gasteiger partial charge in [0, 0.05) is 34.1 Å². The first-order chi connectivity index (χ1) is 10.8. The maximum absolute atomic E-state index is 6.61. The third-order valence-corrected chi connectivity index (χ3v) is 6.81. The molecule has 1 atom stereocenters. The van der Waals surface area contributed by atoms with E-state index in [9.17, 15) is 0 Å². The van der Waals surface area contributed by atoms with Crippen LogP contribution >= 0.6 is 22.9 Å². The lowest BCUT2D eigenvalue weighted by atomic mass is 10.0. The maximum Gasteiger partial charge on any atom is 0.0637 e. The average Bonchev–Trinajstić information content (AvgIpc) is 3.18. The molecule has 4 heteroatoms. The summed E-state index contributed by atoms with van der Waals surface area (Å²) in [6, 6.07) is 9.27. The quantitative estimate of drug-likeness (QED) is 0.808. The SMILES string of the molecule is Clc1c(CN2CCCC(N3CCCC3)C2)sc2ccccc12. The molecule has 22 heavy (non-hydrogen) atoms. The molecule has 0 saturated carbocycles. The summed E-state index contributed by atoms with van der Waals surface area (Å²) in [6.45, 7) is 6.06. The van der Waals surface area contributed by atoms with E-state index in [1.807, 2.05) is 11.3 Å². The van der Waals surface area contributed by atoms with Gasteiger partial charge in [-0.1, -0.05) is 29.8 Å². The van der Waals surface area contributed by atoms with Gasteiger partial charge in [-0.05, 0) is 51.4 Å². The monoisotopic (exact) mass is 334 g/mol. The lowest BCUT2D eigenvalue weighted by Gasteiger charge is -2.37. The molecule has 0 N–H and O–H groups in total. The molecular weight excluding hydrogens is 312 g/mol. The number of likely N-dealkylation sites (tertiary alicyclic amines) is 2. The highest BCUT2D eigenvalue weighted by molar-refractivity contribution is 7.19. The van der Waals surface area contributed by atoms with Crippen molar-refractivity contribution in [3.05, 3.63) is 34.2 Å². The van der Waals surface area contributed by atoms with Gasteiger partial charge in [0.05, 0.1) is 5.02 Å². The second kappa shape index (κ2) is 6.48. The van der Waals surface area contributed by atoms with Crippen molar-refractivity contribution >= 4 is 33.0 Å². The predicted octanol–water partition coefficient (Wildman–Crippen LogP) is 4.61. The molecule has 2 aliphatic rings. The fraction of sp³-hybridized carbons (Fsp3) is 0.556. The van der Waals surface area contributed by atoms with Crippen LogP contribution in [-0.4, -0.2) is 42.0 Å². The number of fused-ring (bicyclic) bond motifs is 1. The molecule has 1 unspecified atom stereocenters. The number of piperidine rings is 1. The second-order valence-electron chi connectivity index (χ2n) is 6.61. The van der Waals surface area contributed by atoms with Crippen LogP contribution in [0.2, 0.25) is 5.02 Å². The van der Waals surface area contributed by atoms with E-state index >= 15 is 0 Å². The highest BCUT2D eigenvalue weighted by Crippen LogP contribution is 2.36. The van der Waals surface area contributed by atoms with E-state index in [0.717, 1.165) is 17.6 Å². The van der Waals surface area contributed by atoms with Gasteiger partial charge in [0.15, 0.2) is 0 Å². The van der Waals surface area contributed by atoms with Gasteiger partial charge in [-0.3, -0.25) is 9.80 Å². The van der Waals surface area contributed by atoms with Crippen LogP contribution in [0.4, 0.5) is 0 Å². The van der Waals surface area contributed by atoms with Gasteiger partial charge in [0.2, 0.25) is 0 Å². The van der Waals surface area contributed by atoms with Crippen LogP contribution in [0.3, 0.4) is 0 Å².